The van der Waals surface area contributed by atoms with E-state index in [-0.39, 0.29) is 17.7 Å². The van der Waals surface area contributed by atoms with Crippen LogP contribution in [0.1, 0.15) is 50.0 Å². The third kappa shape index (κ3) is 3.51. The van der Waals surface area contributed by atoms with E-state index in [1.807, 2.05) is 17.9 Å². The van der Waals surface area contributed by atoms with Crippen molar-refractivity contribution >= 4 is 5.91 Å². The second-order valence-electron chi connectivity index (χ2n) is 6.90. The Morgan fingerprint density at radius 1 is 1.32 bits per heavy atom. The summed E-state index contributed by atoms with van der Waals surface area (Å²) in [6.45, 7) is 2.99. The van der Waals surface area contributed by atoms with Gasteiger partial charge in [0.05, 0.1) is 11.8 Å². The minimum atomic E-state index is -0.458. The van der Waals surface area contributed by atoms with Gasteiger partial charge in [0.25, 0.3) is 0 Å². The number of nitrogens with zero attached hydrogens (tertiary/aromatic N) is 2. The number of aryl methyl sites for hydroxylation is 1. The van der Waals surface area contributed by atoms with E-state index in [4.69, 9.17) is 4.52 Å². The third-order valence-corrected chi connectivity index (χ3v) is 5.06. The lowest BCUT2D eigenvalue weighted by Crippen LogP contribution is -2.35. The van der Waals surface area contributed by atoms with Crippen LogP contribution in [-0.4, -0.2) is 40.3 Å². The number of likely N-dealkylation sites (tertiary alicyclic amines) is 1. The Bertz CT molecular complexity index is 506. The van der Waals surface area contributed by atoms with Gasteiger partial charge < -0.3 is 14.5 Å². The molecule has 0 unspecified atom stereocenters. The lowest BCUT2D eigenvalue weighted by atomic mass is 9.98. The van der Waals surface area contributed by atoms with Gasteiger partial charge in [-0.3, -0.25) is 4.79 Å². The summed E-state index contributed by atoms with van der Waals surface area (Å²) in [5.41, 5.74) is 0.855. The molecule has 2 heterocycles. The maximum absolute atomic E-state index is 12.7. The van der Waals surface area contributed by atoms with Crippen molar-refractivity contribution in [3.05, 3.63) is 17.5 Å². The fraction of sp³-hybridized carbons (Fsp3) is 0.765. The van der Waals surface area contributed by atoms with E-state index in [1.54, 1.807) is 0 Å². The van der Waals surface area contributed by atoms with E-state index < -0.39 is 6.10 Å². The van der Waals surface area contributed by atoms with Gasteiger partial charge in [-0.2, -0.15) is 0 Å². The van der Waals surface area contributed by atoms with Gasteiger partial charge in [0.15, 0.2) is 0 Å². The molecule has 1 aliphatic heterocycles. The average molecular weight is 306 g/mol. The lowest BCUT2D eigenvalue weighted by molar-refractivity contribution is -0.135. The Morgan fingerprint density at radius 3 is 2.68 bits per heavy atom. The summed E-state index contributed by atoms with van der Waals surface area (Å²) >= 11 is 0. The summed E-state index contributed by atoms with van der Waals surface area (Å²) in [5.74, 6) is 1.27. The summed E-state index contributed by atoms with van der Waals surface area (Å²) in [6.07, 6.45) is 7.03. The van der Waals surface area contributed by atoms with Gasteiger partial charge in [-0.15, -0.1) is 0 Å². The first-order chi connectivity index (χ1) is 10.6. The van der Waals surface area contributed by atoms with Crippen molar-refractivity contribution in [2.75, 3.05) is 13.1 Å². The van der Waals surface area contributed by atoms with Crippen LogP contribution in [0.3, 0.4) is 0 Å². The maximum Gasteiger partial charge on any atom is 0.225 e. The van der Waals surface area contributed by atoms with Gasteiger partial charge in [0.2, 0.25) is 5.91 Å². The number of amides is 1. The molecule has 1 amide bonds. The van der Waals surface area contributed by atoms with Gasteiger partial charge in [-0.1, -0.05) is 30.8 Å². The van der Waals surface area contributed by atoms with Gasteiger partial charge in [-0.05, 0) is 19.8 Å². The number of aliphatic hydroxyl groups is 1. The van der Waals surface area contributed by atoms with Crippen LogP contribution >= 0.6 is 0 Å². The molecule has 2 aliphatic rings. The molecule has 5 nitrogen and oxygen atoms in total. The van der Waals surface area contributed by atoms with Crippen LogP contribution in [-0.2, 0) is 11.2 Å². The topological polar surface area (TPSA) is 66.6 Å². The SMILES string of the molecule is Cc1cc(C[C@@H]2CN(C(=O)C3CCCCCC3)C[C@@H]2O)on1. The predicted molar refractivity (Wildman–Crippen MR) is 82.2 cm³/mol. The molecule has 0 radical (unpaired) electrons. The van der Waals surface area contributed by atoms with Crippen LogP contribution in [0.15, 0.2) is 10.6 Å². The zero-order chi connectivity index (χ0) is 15.5. The average Bonchev–Trinajstić information content (AvgIpc) is 2.95. The number of carbonyl (C=O) groups excluding carboxylic acids is 1. The molecule has 2 fully saturated rings. The van der Waals surface area contributed by atoms with Crippen LogP contribution in [0.4, 0.5) is 0 Å². The molecular formula is C17H26N2O3. The van der Waals surface area contributed by atoms with Crippen molar-refractivity contribution in [1.82, 2.24) is 10.1 Å². The molecule has 5 heteroatoms. The number of β-amino-alcohol motifs (C(OH)–C–C–N with tert-alkyl or cyclic N) is 1. The lowest BCUT2D eigenvalue weighted by Gasteiger charge is -2.22. The minimum absolute atomic E-state index is 0.0575. The van der Waals surface area contributed by atoms with Crippen molar-refractivity contribution in [2.45, 2.75) is 58.0 Å². The van der Waals surface area contributed by atoms with Crippen LogP contribution in [0.2, 0.25) is 0 Å². The molecule has 2 atom stereocenters. The highest BCUT2D eigenvalue weighted by molar-refractivity contribution is 5.79. The highest BCUT2D eigenvalue weighted by Crippen LogP contribution is 2.28. The second kappa shape index (κ2) is 6.82. The highest BCUT2D eigenvalue weighted by atomic mass is 16.5. The molecule has 1 saturated heterocycles. The van der Waals surface area contributed by atoms with Crippen LogP contribution in [0, 0.1) is 18.8 Å². The number of rotatable bonds is 3. The molecule has 1 aromatic rings. The zero-order valence-electron chi connectivity index (χ0n) is 13.3. The summed E-state index contributed by atoms with van der Waals surface area (Å²) in [5, 5.41) is 14.2. The molecule has 22 heavy (non-hydrogen) atoms. The number of aliphatic hydroxyl groups excluding tert-OH is 1. The molecule has 1 aromatic heterocycles. The molecule has 1 aliphatic carbocycles. The summed E-state index contributed by atoms with van der Waals surface area (Å²) in [4.78, 5) is 14.5. The largest absolute Gasteiger partial charge is 0.391 e. The molecule has 3 rings (SSSR count). The second-order valence-corrected chi connectivity index (χ2v) is 6.90. The fourth-order valence-corrected chi connectivity index (χ4v) is 3.79. The van der Waals surface area contributed by atoms with Crippen molar-refractivity contribution in [3.8, 4) is 0 Å². The Morgan fingerprint density at radius 2 is 2.05 bits per heavy atom. The molecule has 122 valence electrons. The number of hydrogen-bond acceptors (Lipinski definition) is 4. The number of aromatic nitrogens is 1. The standard InChI is InChI=1S/C17H26N2O3/c1-12-8-15(22-18-12)9-14-10-19(11-16(14)20)17(21)13-6-4-2-3-5-7-13/h8,13-14,16,20H,2-7,9-11H2,1H3/t14-,16+/m1/s1. The van der Waals surface area contributed by atoms with Gasteiger partial charge in [0, 0.05) is 37.4 Å². The molecule has 1 N–H and O–H groups in total. The quantitative estimate of drug-likeness (QED) is 0.870. The van der Waals surface area contributed by atoms with E-state index in [1.165, 1.54) is 12.8 Å². The van der Waals surface area contributed by atoms with E-state index in [0.29, 0.717) is 19.5 Å². The Kier molecular flexibility index (Phi) is 4.81. The van der Waals surface area contributed by atoms with Crippen molar-refractivity contribution in [3.63, 3.8) is 0 Å². The van der Waals surface area contributed by atoms with E-state index in [9.17, 15) is 9.90 Å². The molecule has 0 spiro atoms. The number of hydrogen-bond donors (Lipinski definition) is 1. The van der Waals surface area contributed by atoms with E-state index in [0.717, 1.165) is 37.1 Å². The smallest absolute Gasteiger partial charge is 0.225 e. The summed E-state index contributed by atoms with van der Waals surface area (Å²) in [6, 6.07) is 1.91. The zero-order valence-corrected chi connectivity index (χ0v) is 13.3. The maximum atomic E-state index is 12.7. The first kappa shape index (κ1) is 15.5. The van der Waals surface area contributed by atoms with E-state index in [2.05, 4.69) is 5.16 Å². The van der Waals surface area contributed by atoms with Crippen molar-refractivity contribution in [2.24, 2.45) is 11.8 Å². The normalized spacial score (nSPS) is 27.1. The minimum Gasteiger partial charge on any atom is -0.391 e. The molecule has 0 bridgehead atoms. The fourth-order valence-electron chi connectivity index (χ4n) is 3.79. The van der Waals surface area contributed by atoms with Crippen LogP contribution in [0.25, 0.3) is 0 Å². The first-order valence-corrected chi connectivity index (χ1v) is 8.52. The molecular weight excluding hydrogens is 280 g/mol. The number of carbonyl (C=O) groups is 1. The van der Waals surface area contributed by atoms with E-state index >= 15 is 0 Å². The highest BCUT2D eigenvalue weighted by Gasteiger charge is 2.37. The van der Waals surface area contributed by atoms with Crippen molar-refractivity contribution in [1.29, 1.82) is 0 Å². The Balaban J connectivity index is 1.58. The molecule has 1 saturated carbocycles. The van der Waals surface area contributed by atoms with Crippen LogP contribution in [0.5, 0.6) is 0 Å². The summed E-state index contributed by atoms with van der Waals surface area (Å²) < 4.78 is 5.24. The first-order valence-electron chi connectivity index (χ1n) is 8.52. The third-order valence-electron chi connectivity index (χ3n) is 5.06. The van der Waals surface area contributed by atoms with Crippen LogP contribution < -0.4 is 0 Å². The van der Waals surface area contributed by atoms with Gasteiger partial charge in [0.1, 0.15) is 5.76 Å². The summed E-state index contributed by atoms with van der Waals surface area (Å²) in [7, 11) is 0. The monoisotopic (exact) mass is 306 g/mol. The predicted octanol–water partition coefficient (Wildman–Crippen LogP) is 2.32. The Hall–Kier alpha value is -1.36. The van der Waals surface area contributed by atoms with Gasteiger partial charge in [-0.25, -0.2) is 0 Å². The molecule has 0 aromatic carbocycles. The van der Waals surface area contributed by atoms with Gasteiger partial charge >= 0.3 is 0 Å². The Labute approximate surface area is 131 Å². The van der Waals surface area contributed by atoms with Crippen molar-refractivity contribution < 1.29 is 14.4 Å².